The Hall–Kier alpha value is -0.540. The molecular formula is C12H14Cl2O3. The Balaban J connectivity index is 2.37. The first kappa shape index (κ1) is 12.9. The number of hydrogen-bond acceptors (Lipinski definition) is 3. The first-order valence-corrected chi connectivity index (χ1v) is 6.33. The summed E-state index contributed by atoms with van der Waals surface area (Å²) in [5.41, 5.74) is 0. The van der Waals surface area contributed by atoms with Gasteiger partial charge in [0.25, 0.3) is 0 Å². The number of hydrogen-bond donors (Lipinski definition) is 0. The van der Waals surface area contributed by atoms with Crippen LogP contribution in [0.5, 0.6) is 0 Å². The molecule has 2 rings (SSSR count). The van der Waals surface area contributed by atoms with E-state index in [2.05, 4.69) is 0 Å². The van der Waals surface area contributed by atoms with E-state index in [9.17, 15) is 9.59 Å². The smallest absolute Gasteiger partial charge is 0.201 e. The fraction of sp³-hybridized carbons (Fsp3) is 0.667. The van der Waals surface area contributed by atoms with Crippen LogP contribution < -0.4 is 0 Å². The summed E-state index contributed by atoms with van der Waals surface area (Å²) < 4.78 is 4.01. The third-order valence-corrected chi connectivity index (χ3v) is 4.20. The quantitative estimate of drug-likeness (QED) is 0.692. The molecule has 5 heteroatoms. The molecule has 0 spiro atoms. The molecule has 0 aromatic carbocycles. The number of fused-ring (bicyclic) bond motifs is 1. The van der Waals surface area contributed by atoms with Crippen LogP contribution in [-0.2, 0) is 14.3 Å². The van der Waals surface area contributed by atoms with Gasteiger partial charge in [-0.3, -0.25) is 9.59 Å². The molecular weight excluding hydrogens is 263 g/mol. The summed E-state index contributed by atoms with van der Waals surface area (Å²) in [5, 5.41) is 0. The lowest BCUT2D eigenvalue weighted by Crippen LogP contribution is -2.46. The molecule has 3 nitrogen and oxygen atoms in total. The highest BCUT2D eigenvalue weighted by Crippen LogP contribution is 2.49. The van der Waals surface area contributed by atoms with Crippen molar-refractivity contribution in [2.75, 3.05) is 7.11 Å². The Morgan fingerprint density at radius 3 is 2.59 bits per heavy atom. The van der Waals surface area contributed by atoms with Crippen molar-refractivity contribution in [3.63, 3.8) is 0 Å². The lowest BCUT2D eigenvalue weighted by molar-refractivity contribution is -0.136. The molecule has 17 heavy (non-hydrogen) atoms. The first-order valence-electron chi connectivity index (χ1n) is 5.57. The number of carbonyl (C=O) groups excluding carboxylic acids is 2. The van der Waals surface area contributed by atoms with Crippen molar-refractivity contribution in [3.05, 3.63) is 11.8 Å². The van der Waals surface area contributed by atoms with Gasteiger partial charge in [0, 0.05) is 17.9 Å². The number of Topliss-reactive ketones (excluding diaryl/α,β-unsaturated/α-hetero) is 1. The molecule has 0 radical (unpaired) electrons. The molecule has 0 aromatic heterocycles. The van der Waals surface area contributed by atoms with Gasteiger partial charge in [0.15, 0.2) is 11.5 Å². The van der Waals surface area contributed by atoms with Crippen LogP contribution >= 0.6 is 23.2 Å². The van der Waals surface area contributed by atoms with E-state index in [1.165, 1.54) is 13.2 Å². The van der Waals surface area contributed by atoms with Crippen LogP contribution in [0.15, 0.2) is 11.8 Å². The minimum atomic E-state index is -0.924. The number of methoxy groups -OCH3 is 1. The Labute approximate surface area is 110 Å². The van der Waals surface area contributed by atoms with Crippen LogP contribution in [0.4, 0.5) is 0 Å². The van der Waals surface area contributed by atoms with Gasteiger partial charge >= 0.3 is 0 Å². The fourth-order valence-corrected chi connectivity index (χ4v) is 3.72. The molecule has 2 aliphatic carbocycles. The minimum absolute atomic E-state index is 0.00913. The Kier molecular flexibility index (Phi) is 3.25. The van der Waals surface area contributed by atoms with Crippen LogP contribution in [0.3, 0.4) is 0 Å². The van der Waals surface area contributed by atoms with Crippen LogP contribution in [0.2, 0.25) is 0 Å². The predicted octanol–water partition coefficient (Wildman–Crippen LogP) is 2.50. The third kappa shape index (κ3) is 2.23. The summed E-state index contributed by atoms with van der Waals surface area (Å²) in [5.74, 6) is -0.824. The highest BCUT2D eigenvalue weighted by molar-refractivity contribution is 6.48. The largest absolute Gasteiger partial charge is 0.493 e. The number of carbonyl (C=O) groups is 2. The van der Waals surface area contributed by atoms with Gasteiger partial charge in [-0.2, -0.15) is 0 Å². The van der Waals surface area contributed by atoms with Crippen LogP contribution in [0, 0.1) is 17.8 Å². The summed E-state index contributed by atoms with van der Waals surface area (Å²) in [6.45, 7) is 1.91. The predicted molar refractivity (Wildman–Crippen MR) is 64.9 cm³/mol. The lowest BCUT2D eigenvalue weighted by Gasteiger charge is -2.41. The van der Waals surface area contributed by atoms with E-state index in [1.54, 1.807) is 0 Å². The highest BCUT2D eigenvalue weighted by Gasteiger charge is 2.50. The molecule has 0 aliphatic heterocycles. The second-order valence-corrected chi connectivity index (χ2v) is 6.49. The van der Waals surface area contributed by atoms with Crippen molar-refractivity contribution in [1.82, 2.24) is 0 Å². The second-order valence-electron chi connectivity index (χ2n) is 4.85. The van der Waals surface area contributed by atoms with Crippen molar-refractivity contribution in [2.45, 2.75) is 24.1 Å². The van der Waals surface area contributed by atoms with E-state index in [-0.39, 0.29) is 29.2 Å². The van der Waals surface area contributed by atoms with Crippen molar-refractivity contribution in [2.24, 2.45) is 17.8 Å². The number of allylic oxidation sites excluding steroid dienone is 2. The monoisotopic (exact) mass is 276 g/mol. The number of ketones is 2. The molecule has 1 fully saturated rings. The van der Waals surface area contributed by atoms with Gasteiger partial charge in [0.1, 0.15) is 4.33 Å². The summed E-state index contributed by atoms with van der Waals surface area (Å²) in [7, 11) is 1.39. The average Bonchev–Trinajstić information content (AvgIpc) is 2.20. The van der Waals surface area contributed by atoms with Crippen molar-refractivity contribution in [3.8, 4) is 0 Å². The number of alkyl halides is 2. The highest BCUT2D eigenvalue weighted by atomic mass is 35.5. The molecule has 94 valence electrons. The topological polar surface area (TPSA) is 43.4 Å². The molecule has 0 aromatic rings. The molecule has 0 bridgehead atoms. The second kappa shape index (κ2) is 4.29. The summed E-state index contributed by atoms with van der Waals surface area (Å²) in [6.07, 6.45) is 2.15. The van der Waals surface area contributed by atoms with Gasteiger partial charge in [-0.05, 0) is 18.8 Å². The SMILES string of the molecule is COC1=CC(=O)C2C(C)CC(Cl)(Cl)CC2C1=O. The van der Waals surface area contributed by atoms with E-state index in [0.29, 0.717) is 12.8 Å². The maximum absolute atomic E-state index is 12.1. The summed E-state index contributed by atoms with van der Waals surface area (Å²) >= 11 is 12.3. The lowest BCUT2D eigenvalue weighted by atomic mass is 9.66. The van der Waals surface area contributed by atoms with Crippen LogP contribution in [-0.4, -0.2) is 23.0 Å². The molecule has 0 saturated heterocycles. The number of ether oxygens (including phenoxy) is 1. The van der Waals surface area contributed by atoms with Gasteiger partial charge in [-0.25, -0.2) is 0 Å². The summed E-state index contributed by atoms with van der Waals surface area (Å²) in [4.78, 5) is 24.1. The zero-order valence-electron chi connectivity index (χ0n) is 9.70. The van der Waals surface area contributed by atoms with Gasteiger partial charge in [0.05, 0.1) is 7.11 Å². The van der Waals surface area contributed by atoms with Crippen molar-refractivity contribution < 1.29 is 14.3 Å². The van der Waals surface area contributed by atoms with Crippen LogP contribution in [0.1, 0.15) is 19.8 Å². The van der Waals surface area contributed by atoms with E-state index < -0.39 is 10.3 Å². The number of halogens is 2. The van der Waals surface area contributed by atoms with Gasteiger partial charge in [-0.15, -0.1) is 23.2 Å². The molecule has 2 aliphatic rings. The Bertz CT molecular complexity index is 401. The van der Waals surface area contributed by atoms with E-state index in [0.717, 1.165) is 0 Å². The third-order valence-electron chi connectivity index (χ3n) is 3.59. The zero-order valence-corrected chi connectivity index (χ0v) is 11.2. The molecule has 0 heterocycles. The summed E-state index contributed by atoms with van der Waals surface area (Å²) in [6, 6.07) is 0. The van der Waals surface area contributed by atoms with Gasteiger partial charge < -0.3 is 4.74 Å². The first-order chi connectivity index (χ1) is 7.85. The van der Waals surface area contributed by atoms with Gasteiger partial charge in [0.2, 0.25) is 5.78 Å². The van der Waals surface area contributed by atoms with Crippen molar-refractivity contribution in [1.29, 1.82) is 0 Å². The van der Waals surface area contributed by atoms with Crippen LogP contribution in [0.25, 0.3) is 0 Å². The van der Waals surface area contributed by atoms with E-state index in [4.69, 9.17) is 27.9 Å². The molecule has 1 saturated carbocycles. The Morgan fingerprint density at radius 1 is 1.35 bits per heavy atom. The fourth-order valence-electron chi connectivity index (χ4n) is 2.90. The maximum atomic E-state index is 12.1. The molecule has 0 N–H and O–H groups in total. The van der Waals surface area contributed by atoms with Gasteiger partial charge in [-0.1, -0.05) is 6.92 Å². The normalized spacial score (nSPS) is 36.2. The van der Waals surface area contributed by atoms with Crippen molar-refractivity contribution >= 4 is 34.8 Å². The molecule has 0 amide bonds. The minimum Gasteiger partial charge on any atom is -0.493 e. The molecule has 3 unspecified atom stereocenters. The zero-order chi connectivity index (χ0) is 12.8. The maximum Gasteiger partial charge on any atom is 0.201 e. The van der Waals surface area contributed by atoms with E-state index in [1.807, 2.05) is 6.92 Å². The Morgan fingerprint density at radius 2 is 2.00 bits per heavy atom. The average molecular weight is 277 g/mol. The number of rotatable bonds is 1. The van der Waals surface area contributed by atoms with E-state index >= 15 is 0 Å². The molecule has 3 atom stereocenters. The standard InChI is InChI=1S/C12H14Cl2O3/c1-6-4-12(13,14)5-7-10(6)8(15)3-9(17-2)11(7)16/h3,6-7,10H,4-5H2,1-2H3.